The third kappa shape index (κ3) is 4.56. The molecule has 0 aliphatic carbocycles. The van der Waals surface area contributed by atoms with Gasteiger partial charge >= 0.3 is 0 Å². The van der Waals surface area contributed by atoms with Crippen LogP contribution in [0, 0.1) is 0 Å². The first-order chi connectivity index (χ1) is 16.6. The smallest absolute Gasteiger partial charge is 0.253 e. The summed E-state index contributed by atoms with van der Waals surface area (Å²) in [6, 6.07) is 13.4. The Bertz CT molecular complexity index is 1390. The average molecular weight is 453 g/mol. The van der Waals surface area contributed by atoms with E-state index in [0.717, 1.165) is 33.9 Å². The molecule has 3 aromatic heterocycles. The van der Waals surface area contributed by atoms with Crippen molar-refractivity contribution in [2.45, 2.75) is 25.8 Å². The molecule has 1 aliphatic rings. The number of nitrogen functional groups attached to an aromatic ring is 1. The predicted octanol–water partition coefficient (Wildman–Crippen LogP) is 3.25. The molecule has 1 saturated heterocycles. The molecule has 0 unspecified atom stereocenters. The number of fused-ring (bicyclic) bond motifs is 1. The fourth-order valence-corrected chi connectivity index (χ4v) is 4.20. The van der Waals surface area contributed by atoms with Crippen LogP contribution in [0.2, 0.25) is 0 Å². The van der Waals surface area contributed by atoms with E-state index in [1.54, 1.807) is 29.7 Å². The fraction of sp³-hybridized carbons (Fsp3) is 0.192. The largest absolute Gasteiger partial charge is 0.383 e. The van der Waals surface area contributed by atoms with E-state index in [2.05, 4.69) is 20.3 Å². The summed E-state index contributed by atoms with van der Waals surface area (Å²) in [7, 11) is 0. The molecule has 0 radical (unpaired) electrons. The van der Waals surface area contributed by atoms with Crippen LogP contribution in [0.5, 0.6) is 0 Å². The van der Waals surface area contributed by atoms with E-state index in [-0.39, 0.29) is 11.8 Å². The number of rotatable bonds is 6. The monoisotopic (exact) mass is 452 g/mol. The van der Waals surface area contributed by atoms with Crippen LogP contribution in [-0.2, 0) is 17.8 Å². The quantitative estimate of drug-likeness (QED) is 0.464. The Kier molecular flexibility index (Phi) is 5.86. The van der Waals surface area contributed by atoms with Crippen molar-refractivity contribution in [1.29, 1.82) is 0 Å². The molecule has 0 spiro atoms. The summed E-state index contributed by atoms with van der Waals surface area (Å²) in [6.45, 7) is 1.09. The molecule has 4 heterocycles. The van der Waals surface area contributed by atoms with Gasteiger partial charge in [0.25, 0.3) is 5.91 Å². The Morgan fingerprint density at radius 3 is 2.74 bits per heavy atom. The van der Waals surface area contributed by atoms with Gasteiger partial charge in [-0.05, 0) is 65.3 Å². The molecule has 0 bridgehead atoms. The van der Waals surface area contributed by atoms with Crippen LogP contribution in [-0.4, -0.2) is 33.3 Å². The standard InChI is InChI=1S/C26H24N6O2/c27-25-22-4-3-18(11-20(22)6-8-30-25)15-31-26(34)21-12-19(14-28-16-21)10-17-5-7-29-23(13-17)32-9-1-2-24(32)33/h3-8,11-14,16H,1-2,9-10,15H2,(H2,27,30)(H,31,34). The maximum atomic E-state index is 12.8. The van der Waals surface area contributed by atoms with Gasteiger partial charge in [0, 0.05) is 49.7 Å². The normalized spacial score (nSPS) is 13.4. The Morgan fingerprint density at radius 1 is 1.00 bits per heavy atom. The zero-order valence-electron chi connectivity index (χ0n) is 18.6. The summed E-state index contributed by atoms with van der Waals surface area (Å²) in [5.74, 6) is 1.08. The average Bonchev–Trinajstić information content (AvgIpc) is 3.29. The summed E-state index contributed by atoms with van der Waals surface area (Å²) in [4.78, 5) is 39.2. The lowest BCUT2D eigenvalue weighted by atomic mass is 10.1. The zero-order chi connectivity index (χ0) is 23.5. The molecule has 8 nitrogen and oxygen atoms in total. The van der Waals surface area contributed by atoms with Crippen molar-refractivity contribution in [3.63, 3.8) is 0 Å². The van der Waals surface area contributed by atoms with Gasteiger partial charge in [0.15, 0.2) is 0 Å². The van der Waals surface area contributed by atoms with Crippen LogP contribution in [0.25, 0.3) is 10.8 Å². The minimum absolute atomic E-state index is 0.108. The first-order valence-electron chi connectivity index (χ1n) is 11.2. The van der Waals surface area contributed by atoms with Crippen LogP contribution < -0.4 is 16.0 Å². The topological polar surface area (TPSA) is 114 Å². The second-order valence-corrected chi connectivity index (χ2v) is 8.36. The molecule has 2 amide bonds. The number of benzene rings is 1. The van der Waals surface area contributed by atoms with Gasteiger partial charge in [-0.1, -0.05) is 12.1 Å². The molecular weight excluding hydrogens is 428 g/mol. The highest BCUT2D eigenvalue weighted by Crippen LogP contribution is 2.22. The van der Waals surface area contributed by atoms with Crippen LogP contribution in [0.4, 0.5) is 11.6 Å². The van der Waals surface area contributed by atoms with Crippen molar-refractivity contribution in [3.05, 3.63) is 89.5 Å². The first kappa shape index (κ1) is 21.5. The third-order valence-electron chi connectivity index (χ3n) is 5.94. The van der Waals surface area contributed by atoms with E-state index in [1.807, 2.05) is 42.5 Å². The second-order valence-electron chi connectivity index (χ2n) is 8.36. The molecule has 170 valence electrons. The van der Waals surface area contributed by atoms with Crippen LogP contribution in [0.3, 0.4) is 0 Å². The molecule has 0 saturated carbocycles. The number of nitrogens with zero attached hydrogens (tertiary/aromatic N) is 4. The van der Waals surface area contributed by atoms with Gasteiger partial charge in [-0.25, -0.2) is 9.97 Å². The predicted molar refractivity (Wildman–Crippen MR) is 130 cm³/mol. The number of pyridine rings is 3. The van der Waals surface area contributed by atoms with E-state index in [4.69, 9.17) is 5.73 Å². The van der Waals surface area contributed by atoms with Crippen LogP contribution in [0.15, 0.2) is 67.3 Å². The van der Waals surface area contributed by atoms with Gasteiger partial charge in [-0.2, -0.15) is 0 Å². The Labute approximate surface area is 196 Å². The minimum Gasteiger partial charge on any atom is -0.383 e. The maximum Gasteiger partial charge on any atom is 0.253 e. The number of carbonyl (C=O) groups excluding carboxylic acids is 2. The van der Waals surface area contributed by atoms with E-state index >= 15 is 0 Å². The number of hydrogen-bond donors (Lipinski definition) is 2. The summed E-state index contributed by atoms with van der Waals surface area (Å²) in [5.41, 5.74) is 9.29. The van der Waals surface area contributed by atoms with Crippen molar-refractivity contribution in [2.75, 3.05) is 17.2 Å². The van der Waals surface area contributed by atoms with Crippen LogP contribution >= 0.6 is 0 Å². The molecule has 3 N–H and O–H groups in total. The first-order valence-corrected chi connectivity index (χ1v) is 11.2. The van der Waals surface area contributed by atoms with Gasteiger partial charge in [0.05, 0.1) is 5.56 Å². The lowest BCUT2D eigenvalue weighted by molar-refractivity contribution is -0.117. The number of hydrogen-bond acceptors (Lipinski definition) is 6. The molecule has 5 rings (SSSR count). The van der Waals surface area contributed by atoms with Gasteiger partial charge in [-0.15, -0.1) is 0 Å². The molecule has 0 atom stereocenters. The number of nitrogens with two attached hydrogens (primary N) is 1. The van der Waals surface area contributed by atoms with Crippen molar-refractivity contribution in [1.82, 2.24) is 20.3 Å². The van der Waals surface area contributed by atoms with E-state index < -0.39 is 0 Å². The summed E-state index contributed by atoms with van der Waals surface area (Å²) in [5, 5.41) is 4.83. The highest BCUT2D eigenvalue weighted by molar-refractivity contribution is 5.95. The zero-order valence-corrected chi connectivity index (χ0v) is 18.6. The Morgan fingerprint density at radius 2 is 1.88 bits per heavy atom. The minimum atomic E-state index is -0.193. The Balaban J connectivity index is 1.26. The van der Waals surface area contributed by atoms with Crippen LogP contribution in [0.1, 0.15) is 39.9 Å². The molecule has 1 fully saturated rings. The number of nitrogens with one attached hydrogen (secondary N) is 1. The number of amides is 2. The summed E-state index contributed by atoms with van der Waals surface area (Å²) >= 11 is 0. The summed E-state index contributed by atoms with van der Waals surface area (Å²) in [6.07, 6.45) is 8.71. The van der Waals surface area contributed by atoms with Crippen molar-refractivity contribution in [3.8, 4) is 0 Å². The third-order valence-corrected chi connectivity index (χ3v) is 5.94. The van der Waals surface area contributed by atoms with Crippen molar-refractivity contribution in [2.24, 2.45) is 0 Å². The number of aromatic nitrogens is 3. The lowest BCUT2D eigenvalue weighted by Gasteiger charge is -2.15. The highest BCUT2D eigenvalue weighted by Gasteiger charge is 2.22. The second kappa shape index (κ2) is 9.27. The number of anilines is 2. The fourth-order valence-electron chi connectivity index (χ4n) is 4.20. The molecule has 8 heteroatoms. The summed E-state index contributed by atoms with van der Waals surface area (Å²) < 4.78 is 0. The Hall–Kier alpha value is -4.33. The van der Waals surface area contributed by atoms with Gasteiger partial charge in [0.2, 0.25) is 5.91 Å². The molecule has 1 aliphatic heterocycles. The molecule has 34 heavy (non-hydrogen) atoms. The lowest BCUT2D eigenvalue weighted by Crippen LogP contribution is -2.24. The highest BCUT2D eigenvalue weighted by atomic mass is 16.2. The number of carbonyl (C=O) groups is 2. The van der Waals surface area contributed by atoms with Gasteiger partial charge in [-0.3, -0.25) is 19.5 Å². The van der Waals surface area contributed by atoms with Gasteiger partial charge < -0.3 is 11.1 Å². The van der Waals surface area contributed by atoms with E-state index in [9.17, 15) is 9.59 Å². The van der Waals surface area contributed by atoms with Crippen molar-refractivity contribution >= 4 is 34.2 Å². The SMILES string of the molecule is Nc1nccc2cc(CNC(=O)c3cncc(Cc4ccnc(N5CCCC5=O)c4)c3)ccc12. The van der Waals surface area contributed by atoms with E-state index in [0.29, 0.717) is 43.1 Å². The molecule has 1 aromatic carbocycles. The van der Waals surface area contributed by atoms with E-state index in [1.165, 1.54) is 0 Å². The molecule has 4 aromatic rings. The molecular formula is C26H24N6O2. The van der Waals surface area contributed by atoms with Gasteiger partial charge in [0.1, 0.15) is 11.6 Å². The maximum absolute atomic E-state index is 12.8. The van der Waals surface area contributed by atoms with Crippen molar-refractivity contribution < 1.29 is 9.59 Å².